The molecule has 2 fully saturated rings. The van der Waals surface area contributed by atoms with Crippen LogP contribution in [0.5, 0.6) is 0 Å². The maximum Gasteiger partial charge on any atom is 0.229 e. The van der Waals surface area contributed by atoms with E-state index in [2.05, 4.69) is 24.1 Å². The van der Waals surface area contributed by atoms with Crippen LogP contribution in [0.15, 0.2) is 0 Å². The van der Waals surface area contributed by atoms with Gasteiger partial charge in [-0.3, -0.25) is 4.79 Å². The predicted octanol–water partition coefficient (Wildman–Crippen LogP) is 2.02. The summed E-state index contributed by atoms with van der Waals surface area (Å²) in [7, 11) is 0. The molecule has 0 aromatic heterocycles. The fraction of sp³-hybridized carbons (Fsp3) is 0.929. The summed E-state index contributed by atoms with van der Waals surface area (Å²) in [6.45, 7) is 8.29. The molecule has 0 aliphatic carbocycles. The highest BCUT2D eigenvalue weighted by molar-refractivity contribution is 5.83. The summed E-state index contributed by atoms with van der Waals surface area (Å²) >= 11 is 0. The van der Waals surface area contributed by atoms with E-state index in [1.165, 1.54) is 19.3 Å². The molecule has 2 atom stereocenters. The van der Waals surface area contributed by atoms with E-state index in [0.717, 1.165) is 44.9 Å². The van der Waals surface area contributed by atoms with Crippen LogP contribution in [0, 0.1) is 11.3 Å². The van der Waals surface area contributed by atoms with Crippen molar-refractivity contribution in [2.45, 2.75) is 46.0 Å². The highest BCUT2D eigenvalue weighted by atomic mass is 16.2. The average Bonchev–Trinajstić information content (AvgIpc) is 2.78. The minimum absolute atomic E-state index is 0.140. The lowest BCUT2D eigenvalue weighted by atomic mass is 9.81. The molecule has 2 rings (SSSR count). The van der Waals surface area contributed by atoms with E-state index in [1.807, 2.05) is 0 Å². The van der Waals surface area contributed by atoms with Gasteiger partial charge in [-0.2, -0.15) is 0 Å². The van der Waals surface area contributed by atoms with Crippen LogP contribution in [-0.2, 0) is 4.79 Å². The van der Waals surface area contributed by atoms with Crippen molar-refractivity contribution >= 4 is 5.91 Å². The Morgan fingerprint density at radius 1 is 1.53 bits per heavy atom. The number of hydrogen-bond acceptors (Lipinski definition) is 2. The third-order valence-electron chi connectivity index (χ3n) is 4.38. The van der Waals surface area contributed by atoms with Crippen molar-refractivity contribution in [3.05, 3.63) is 0 Å². The van der Waals surface area contributed by atoms with Gasteiger partial charge in [0.1, 0.15) is 0 Å². The molecule has 2 heterocycles. The number of nitrogens with one attached hydrogen (secondary N) is 1. The van der Waals surface area contributed by atoms with Crippen molar-refractivity contribution < 1.29 is 4.79 Å². The third-order valence-corrected chi connectivity index (χ3v) is 4.38. The largest absolute Gasteiger partial charge is 0.342 e. The maximum atomic E-state index is 12.6. The summed E-state index contributed by atoms with van der Waals surface area (Å²) in [4.78, 5) is 14.7. The molecule has 2 unspecified atom stereocenters. The molecule has 2 saturated heterocycles. The first-order valence-corrected chi connectivity index (χ1v) is 7.16. The lowest BCUT2D eigenvalue weighted by Gasteiger charge is -2.36. The van der Waals surface area contributed by atoms with Crippen LogP contribution in [0.2, 0.25) is 0 Å². The van der Waals surface area contributed by atoms with Crippen molar-refractivity contribution in [2.24, 2.45) is 11.3 Å². The maximum absolute atomic E-state index is 12.6. The summed E-state index contributed by atoms with van der Waals surface area (Å²) in [5.41, 5.74) is -0.140. The Morgan fingerprint density at radius 2 is 2.35 bits per heavy atom. The minimum atomic E-state index is -0.140. The second kappa shape index (κ2) is 5.38. The Labute approximate surface area is 105 Å². The summed E-state index contributed by atoms with van der Waals surface area (Å²) in [6, 6.07) is 0. The molecule has 0 aromatic carbocycles. The van der Waals surface area contributed by atoms with E-state index in [9.17, 15) is 4.79 Å². The van der Waals surface area contributed by atoms with Gasteiger partial charge in [0.15, 0.2) is 0 Å². The van der Waals surface area contributed by atoms with Crippen LogP contribution in [0.3, 0.4) is 0 Å². The van der Waals surface area contributed by atoms with Crippen molar-refractivity contribution in [3.8, 4) is 0 Å². The first-order chi connectivity index (χ1) is 8.15. The predicted molar refractivity (Wildman–Crippen MR) is 69.8 cm³/mol. The van der Waals surface area contributed by atoms with Crippen LogP contribution in [0.1, 0.15) is 46.0 Å². The van der Waals surface area contributed by atoms with E-state index in [-0.39, 0.29) is 5.41 Å². The van der Waals surface area contributed by atoms with Gasteiger partial charge in [0, 0.05) is 19.6 Å². The number of carbonyl (C=O) groups excluding carboxylic acids is 1. The molecule has 1 amide bonds. The minimum Gasteiger partial charge on any atom is -0.342 e. The molecular weight excluding hydrogens is 212 g/mol. The number of carbonyl (C=O) groups is 1. The van der Waals surface area contributed by atoms with E-state index < -0.39 is 0 Å². The average molecular weight is 238 g/mol. The Balaban J connectivity index is 1.91. The summed E-state index contributed by atoms with van der Waals surface area (Å²) < 4.78 is 0. The molecule has 2 aliphatic rings. The van der Waals surface area contributed by atoms with Crippen molar-refractivity contribution in [2.75, 3.05) is 26.2 Å². The molecule has 0 saturated carbocycles. The normalized spacial score (nSPS) is 34.0. The van der Waals surface area contributed by atoms with Crippen LogP contribution in [0.4, 0.5) is 0 Å². The molecule has 0 aromatic rings. The zero-order valence-corrected chi connectivity index (χ0v) is 11.3. The molecule has 0 radical (unpaired) electrons. The van der Waals surface area contributed by atoms with Crippen LogP contribution in [0.25, 0.3) is 0 Å². The standard InChI is InChI=1S/C14H26N2O/c1-3-5-12-6-9-16(10-12)13(17)14(2)7-4-8-15-11-14/h12,15H,3-11H2,1-2H3. The molecule has 3 nitrogen and oxygen atoms in total. The SMILES string of the molecule is CCCC1CCN(C(=O)C2(C)CCCNC2)C1. The van der Waals surface area contributed by atoms with Gasteiger partial charge in [-0.1, -0.05) is 13.3 Å². The lowest BCUT2D eigenvalue weighted by molar-refractivity contribution is -0.141. The van der Waals surface area contributed by atoms with E-state index in [1.54, 1.807) is 0 Å². The molecule has 0 bridgehead atoms. The topological polar surface area (TPSA) is 32.3 Å². The number of likely N-dealkylation sites (tertiary alicyclic amines) is 1. The quantitative estimate of drug-likeness (QED) is 0.816. The number of rotatable bonds is 3. The summed E-state index contributed by atoms with van der Waals surface area (Å²) in [5, 5.41) is 3.37. The number of amides is 1. The second-order valence-electron chi connectivity index (χ2n) is 6.04. The van der Waals surface area contributed by atoms with Gasteiger partial charge in [0.05, 0.1) is 5.41 Å². The van der Waals surface area contributed by atoms with Crippen LogP contribution in [-0.4, -0.2) is 37.0 Å². The first kappa shape index (κ1) is 12.9. The van der Waals surface area contributed by atoms with Gasteiger partial charge in [0.25, 0.3) is 0 Å². The fourth-order valence-electron chi connectivity index (χ4n) is 3.28. The van der Waals surface area contributed by atoms with E-state index in [4.69, 9.17) is 0 Å². The smallest absolute Gasteiger partial charge is 0.229 e. The summed E-state index contributed by atoms with van der Waals surface area (Å²) in [5.74, 6) is 1.15. The van der Waals surface area contributed by atoms with Gasteiger partial charge < -0.3 is 10.2 Å². The second-order valence-corrected chi connectivity index (χ2v) is 6.04. The molecule has 2 aliphatic heterocycles. The zero-order chi connectivity index (χ0) is 12.3. The van der Waals surface area contributed by atoms with Gasteiger partial charge in [0.2, 0.25) is 5.91 Å². The number of nitrogens with zero attached hydrogens (tertiary/aromatic N) is 1. The van der Waals surface area contributed by atoms with Gasteiger partial charge in [-0.25, -0.2) is 0 Å². The Bertz CT molecular complexity index is 271. The fourth-order valence-corrected chi connectivity index (χ4v) is 3.28. The first-order valence-electron chi connectivity index (χ1n) is 7.16. The van der Waals surface area contributed by atoms with Gasteiger partial charge in [-0.15, -0.1) is 0 Å². The van der Waals surface area contributed by atoms with Crippen LogP contribution >= 0.6 is 0 Å². The molecule has 3 heteroatoms. The monoisotopic (exact) mass is 238 g/mol. The van der Waals surface area contributed by atoms with Crippen molar-refractivity contribution in [3.63, 3.8) is 0 Å². The summed E-state index contributed by atoms with van der Waals surface area (Å²) in [6.07, 6.45) is 5.91. The number of hydrogen-bond donors (Lipinski definition) is 1. The molecule has 0 spiro atoms. The van der Waals surface area contributed by atoms with Crippen molar-refractivity contribution in [1.29, 1.82) is 0 Å². The van der Waals surface area contributed by atoms with Gasteiger partial charge in [-0.05, 0) is 45.1 Å². The highest BCUT2D eigenvalue weighted by Gasteiger charge is 2.39. The molecule has 1 N–H and O–H groups in total. The highest BCUT2D eigenvalue weighted by Crippen LogP contribution is 2.31. The molecular formula is C14H26N2O. The van der Waals surface area contributed by atoms with Crippen LogP contribution < -0.4 is 5.32 Å². The number of piperidine rings is 1. The third kappa shape index (κ3) is 2.82. The Hall–Kier alpha value is -0.570. The molecule has 98 valence electrons. The van der Waals surface area contributed by atoms with Gasteiger partial charge >= 0.3 is 0 Å². The zero-order valence-electron chi connectivity index (χ0n) is 11.3. The Morgan fingerprint density at radius 3 is 3.00 bits per heavy atom. The van der Waals surface area contributed by atoms with E-state index in [0.29, 0.717) is 5.91 Å². The van der Waals surface area contributed by atoms with E-state index >= 15 is 0 Å². The Kier molecular flexibility index (Phi) is 4.08. The molecule has 17 heavy (non-hydrogen) atoms. The van der Waals surface area contributed by atoms with Crippen molar-refractivity contribution in [1.82, 2.24) is 10.2 Å². The lowest BCUT2D eigenvalue weighted by Crippen LogP contribution is -2.49.